The molecule has 3 fully saturated rings. The molecule has 0 spiro atoms. The Morgan fingerprint density at radius 1 is 0.240 bits per heavy atom. The number of pyridine rings is 6. The van der Waals surface area contributed by atoms with E-state index in [0.717, 1.165) is 99.5 Å². The van der Waals surface area contributed by atoms with E-state index in [9.17, 15) is 0 Å². The quantitative estimate of drug-likeness (QED) is 0.108. The summed E-state index contributed by atoms with van der Waals surface area (Å²) in [7, 11) is -1.35. The fourth-order valence-electron chi connectivity index (χ4n) is 12.1. The Morgan fingerprint density at radius 2 is 0.470 bits per heavy atom. The lowest BCUT2D eigenvalue weighted by atomic mass is 9.49. The minimum absolute atomic E-state index is 0.360. The van der Waals surface area contributed by atoms with E-state index in [0.29, 0.717) is 0 Å². The first-order valence-corrected chi connectivity index (χ1v) is 34.7. The van der Waals surface area contributed by atoms with Crippen molar-refractivity contribution in [1.29, 1.82) is 0 Å². The molecule has 0 aliphatic carbocycles. The van der Waals surface area contributed by atoms with Crippen LogP contribution in [0.25, 0.3) is 112 Å². The van der Waals surface area contributed by atoms with Gasteiger partial charge in [0.1, 0.15) is 0 Å². The minimum Gasteiger partial charge on any atom is -0.405 e. The third-order valence-electron chi connectivity index (χ3n) is 20.0. The van der Waals surface area contributed by atoms with E-state index in [1.54, 1.807) is 49.6 Å². The van der Waals surface area contributed by atoms with Crippen LogP contribution in [0.3, 0.4) is 0 Å². The molecule has 0 saturated carbocycles. The highest BCUT2D eigenvalue weighted by atomic mass is 79.9. The topological polar surface area (TPSA) is 133 Å². The molecule has 0 amide bonds. The molecule has 6 aromatic heterocycles. The normalized spacial score (nSPS) is 16.6. The van der Waals surface area contributed by atoms with Crippen molar-refractivity contribution in [2.24, 2.45) is 0 Å². The molecule has 15 rings (SSSR count). The minimum atomic E-state index is -0.476. The van der Waals surface area contributed by atoms with Crippen molar-refractivity contribution in [3.8, 4) is 112 Å². The average Bonchev–Trinajstić information content (AvgIpc) is 1.58. The summed E-state index contributed by atoms with van der Waals surface area (Å²) in [6, 6.07) is 76.2. The zero-order valence-corrected chi connectivity index (χ0v) is 60.2. The van der Waals surface area contributed by atoms with Gasteiger partial charge < -0.3 is 27.9 Å². The van der Waals surface area contributed by atoms with E-state index in [2.05, 4.69) is 227 Å². The number of benzene rings is 6. The van der Waals surface area contributed by atoms with Crippen LogP contribution in [0.5, 0.6) is 0 Å². The largest absolute Gasteiger partial charge is 0.494 e. The molecule has 3 saturated heterocycles. The summed E-state index contributed by atoms with van der Waals surface area (Å²) in [5.41, 5.74) is 20.3. The Morgan fingerprint density at radius 3 is 0.750 bits per heavy atom. The van der Waals surface area contributed by atoms with Crippen LogP contribution >= 0.6 is 15.9 Å². The van der Waals surface area contributed by atoms with Crippen LogP contribution < -0.4 is 5.46 Å². The highest BCUT2D eigenvalue weighted by Crippen LogP contribution is 2.44. The first-order valence-electron chi connectivity index (χ1n) is 33.9. The van der Waals surface area contributed by atoms with E-state index in [1.807, 2.05) is 110 Å². The van der Waals surface area contributed by atoms with Gasteiger partial charge >= 0.3 is 21.1 Å². The molecule has 0 atom stereocenters. The van der Waals surface area contributed by atoms with Gasteiger partial charge in [0, 0.05) is 76.3 Å². The standard InChI is InChI=1S/C39H34BN3O2.C33H22BrN3.C12H24B2O4/c1-38(2)39(3,4)45-40(44-38)35-13-7-12-33(24-35)31-10-5-8-29(22-31)30-9-6-11-32(23-30)34-25-36(27-14-18-41-19-15-27)43-37(26-34)28-16-20-42-21-17-28;34-31-9-3-8-29(20-31)27-6-1-4-25(18-27)26-5-2-7-28(19-26)30-21-32(23-10-14-35-15-11-23)37-33(22-30)24-12-16-36-17-13-24;1-9(2)10(3,4)16-13(15-9)14-17-11(5,6)12(7,8)18-14/h5-26H,1-4H3;1-22H;1-8H3. The van der Waals surface area contributed by atoms with Crippen LogP contribution in [0, 0.1) is 0 Å². The van der Waals surface area contributed by atoms with Gasteiger partial charge in [0.2, 0.25) is 0 Å². The Labute approximate surface area is 597 Å². The summed E-state index contributed by atoms with van der Waals surface area (Å²) in [5, 5.41) is 0. The van der Waals surface area contributed by atoms with Crippen LogP contribution in [0.4, 0.5) is 0 Å². The molecule has 3 aliphatic rings. The number of hydrogen-bond acceptors (Lipinski definition) is 12. The molecule has 16 heteroatoms. The third kappa shape index (κ3) is 15.2. The SMILES string of the molecule is Brc1cccc(-c2cccc(-c3cccc(-c4cc(-c5ccncc5)nc(-c5ccncc5)c4)c3)c2)c1.CC1(C)OB(B2OC(C)(C)C(C)(C)O2)OC1(C)C.CC1(C)OB(c2cccc(-c3cccc(-c4cccc(-c5cc(-c6ccncc6)nc(-c6ccncc6)c5)c4)c3)c2)OC1(C)C. The van der Waals surface area contributed by atoms with Crippen LogP contribution in [-0.4, -0.2) is 84.6 Å². The van der Waals surface area contributed by atoms with Crippen molar-refractivity contribution in [2.45, 2.75) is 117 Å². The second-order valence-electron chi connectivity index (χ2n) is 28.5. The van der Waals surface area contributed by atoms with E-state index in [1.165, 1.54) is 22.3 Å². The van der Waals surface area contributed by atoms with Gasteiger partial charge in [0.25, 0.3) is 0 Å². The fourth-order valence-corrected chi connectivity index (χ4v) is 12.5. The molecule has 12 nitrogen and oxygen atoms in total. The van der Waals surface area contributed by atoms with E-state index >= 15 is 0 Å². The molecule has 0 radical (unpaired) electrons. The van der Waals surface area contributed by atoms with Crippen molar-refractivity contribution >= 4 is 42.5 Å². The molecule has 3 aliphatic heterocycles. The van der Waals surface area contributed by atoms with Crippen molar-refractivity contribution in [3.63, 3.8) is 0 Å². The zero-order valence-electron chi connectivity index (χ0n) is 58.6. The van der Waals surface area contributed by atoms with Gasteiger partial charge in [0.05, 0.1) is 56.4 Å². The predicted molar refractivity (Wildman–Crippen MR) is 410 cm³/mol. The lowest BCUT2D eigenvalue weighted by Gasteiger charge is -2.32. The number of aromatic nitrogens is 6. The Kier molecular flexibility index (Phi) is 19.6. The Balaban J connectivity index is 0.000000146. The fraction of sp³-hybridized carbons (Fsp3) is 0.214. The number of hydrogen-bond donors (Lipinski definition) is 0. The van der Waals surface area contributed by atoms with Crippen LogP contribution in [0.1, 0.15) is 83.1 Å². The number of rotatable bonds is 12. The van der Waals surface area contributed by atoms with Crippen molar-refractivity contribution in [1.82, 2.24) is 29.9 Å². The average molecular weight is 1380 g/mol. The second kappa shape index (κ2) is 28.4. The molecule has 12 aromatic rings. The van der Waals surface area contributed by atoms with Crippen molar-refractivity contribution in [3.05, 3.63) is 272 Å². The third-order valence-corrected chi connectivity index (χ3v) is 20.5. The maximum atomic E-state index is 6.33. The van der Waals surface area contributed by atoms with Gasteiger partial charge in [0.15, 0.2) is 0 Å². The second-order valence-corrected chi connectivity index (χ2v) is 29.4. The smallest absolute Gasteiger partial charge is 0.405 e. The summed E-state index contributed by atoms with van der Waals surface area (Å²) in [6.07, 6.45) is 14.4. The van der Waals surface area contributed by atoms with E-state index in [4.69, 9.17) is 37.9 Å². The van der Waals surface area contributed by atoms with Crippen LogP contribution in [0.15, 0.2) is 272 Å². The van der Waals surface area contributed by atoms with Crippen molar-refractivity contribution in [2.75, 3.05) is 0 Å². The van der Waals surface area contributed by atoms with Gasteiger partial charge in [-0.05, 0) is 265 Å². The predicted octanol–water partition coefficient (Wildman–Crippen LogP) is 19.7. The monoisotopic (exact) mass is 1380 g/mol. The molecular weight excluding hydrogens is 1300 g/mol. The molecule has 0 N–H and O–H groups in total. The first kappa shape index (κ1) is 69.1. The molecule has 100 heavy (non-hydrogen) atoms. The zero-order chi connectivity index (χ0) is 70.0. The molecular formula is C84H80B3BrN6O6. The van der Waals surface area contributed by atoms with Gasteiger partial charge in [-0.1, -0.05) is 125 Å². The highest BCUT2D eigenvalue weighted by molar-refractivity contribution is 9.10. The maximum absolute atomic E-state index is 6.33. The highest BCUT2D eigenvalue weighted by Gasteiger charge is 2.64. The lowest BCUT2D eigenvalue weighted by molar-refractivity contribution is 0.00578. The lowest BCUT2D eigenvalue weighted by Crippen LogP contribution is -2.41. The van der Waals surface area contributed by atoms with Crippen LogP contribution in [-0.2, 0) is 27.9 Å². The van der Waals surface area contributed by atoms with Gasteiger partial charge in [-0.25, -0.2) is 9.97 Å². The first-order chi connectivity index (χ1) is 47.9. The maximum Gasteiger partial charge on any atom is 0.494 e. The molecule has 498 valence electrons. The summed E-state index contributed by atoms with van der Waals surface area (Å²) in [6.45, 7) is 24.5. The molecule has 0 bridgehead atoms. The van der Waals surface area contributed by atoms with E-state index < -0.39 is 21.1 Å². The van der Waals surface area contributed by atoms with Gasteiger partial charge in [-0.2, -0.15) is 0 Å². The molecule has 9 heterocycles. The number of halogens is 1. The summed E-state index contributed by atoms with van der Waals surface area (Å²) < 4.78 is 37.6. The summed E-state index contributed by atoms with van der Waals surface area (Å²) in [5.74, 6) is 0. The number of nitrogens with zero attached hydrogens (tertiary/aromatic N) is 6. The summed E-state index contributed by atoms with van der Waals surface area (Å²) in [4.78, 5) is 26.7. The summed E-state index contributed by atoms with van der Waals surface area (Å²) >= 11 is 3.59. The molecule has 0 unspecified atom stereocenters. The van der Waals surface area contributed by atoms with Gasteiger partial charge in [-0.3, -0.25) is 19.9 Å². The van der Waals surface area contributed by atoms with E-state index in [-0.39, 0.29) is 33.6 Å². The van der Waals surface area contributed by atoms with Gasteiger partial charge in [-0.15, -0.1) is 0 Å². The van der Waals surface area contributed by atoms with Crippen LogP contribution in [0.2, 0.25) is 0 Å². The van der Waals surface area contributed by atoms with Crippen molar-refractivity contribution < 1.29 is 27.9 Å². The Hall–Kier alpha value is -9.35. The Bertz CT molecular complexity index is 4680. The molecule has 6 aromatic carbocycles.